The summed E-state index contributed by atoms with van der Waals surface area (Å²) >= 11 is 6.70. The molecule has 0 bridgehead atoms. The van der Waals surface area contributed by atoms with Crippen molar-refractivity contribution in [3.8, 4) is 5.75 Å². The van der Waals surface area contributed by atoms with Crippen LogP contribution in [0.3, 0.4) is 0 Å². The van der Waals surface area contributed by atoms with Crippen LogP contribution in [-0.2, 0) is 19.1 Å². The number of thioether (sulfide) groups is 1. The lowest BCUT2D eigenvalue weighted by molar-refractivity contribution is -0.127. The predicted octanol–water partition coefficient (Wildman–Crippen LogP) is 5.13. The van der Waals surface area contributed by atoms with Gasteiger partial charge in [-0.1, -0.05) is 35.9 Å². The molecule has 0 radical (unpaired) electrons. The zero-order valence-electron chi connectivity index (χ0n) is 21.9. The molecular formula is C29H24ClN3O7S. The molecule has 210 valence electrons. The normalized spacial score (nSPS) is 13.7. The van der Waals surface area contributed by atoms with Crippen molar-refractivity contribution in [3.63, 3.8) is 0 Å². The fourth-order valence-electron chi connectivity index (χ4n) is 3.73. The molecule has 0 aromatic heterocycles. The maximum absolute atomic E-state index is 12.8. The van der Waals surface area contributed by atoms with Gasteiger partial charge in [-0.15, -0.1) is 0 Å². The van der Waals surface area contributed by atoms with Gasteiger partial charge in [-0.25, -0.2) is 4.79 Å². The van der Waals surface area contributed by atoms with E-state index in [1.165, 1.54) is 31.4 Å². The highest BCUT2D eigenvalue weighted by atomic mass is 35.5. The number of esters is 1. The number of halogens is 1. The van der Waals surface area contributed by atoms with E-state index in [-0.39, 0.29) is 33.7 Å². The Labute approximate surface area is 244 Å². The SMILES string of the molecule is COC(=O)c1cc(NC(=O)CN2C(=O)S/C(=C/c3ccc(OCC(=O)Nc4cccc(C)c4)cc3)C2=O)ccc1Cl. The molecule has 1 heterocycles. The number of nitrogens with one attached hydrogen (secondary N) is 2. The van der Waals surface area contributed by atoms with Gasteiger partial charge in [0.25, 0.3) is 17.1 Å². The first-order valence-corrected chi connectivity index (χ1v) is 13.3. The van der Waals surface area contributed by atoms with Crippen LogP contribution >= 0.6 is 23.4 Å². The molecular weight excluding hydrogens is 570 g/mol. The van der Waals surface area contributed by atoms with Crippen molar-refractivity contribution >= 4 is 69.7 Å². The molecule has 0 atom stereocenters. The Kier molecular flexibility index (Phi) is 9.43. The summed E-state index contributed by atoms with van der Waals surface area (Å²) in [6.45, 7) is 1.22. The number of imide groups is 1. The van der Waals surface area contributed by atoms with Crippen LogP contribution < -0.4 is 15.4 Å². The van der Waals surface area contributed by atoms with Crippen LogP contribution in [-0.4, -0.2) is 54.1 Å². The molecule has 2 N–H and O–H groups in total. The lowest BCUT2D eigenvalue weighted by atomic mass is 10.2. The number of aryl methyl sites for hydroxylation is 1. The van der Waals surface area contributed by atoms with Gasteiger partial charge in [0.05, 0.1) is 22.6 Å². The van der Waals surface area contributed by atoms with Crippen LogP contribution in [0.5, 0.6) is 5.75 Å². The van der Waals surface area contributed by atoms with Crippen molar-refractivity contribution in [2.45, 2.75) is 6.92 Å². The highest BCUT2D eigenvalue weighted by Crippen LogP contribution is 2.32. The number of ether oxygens (including phenoxy) is 2. The van der Waals surface area contributed by atoms with Crippen LogP contribution in [0.25, 0.3) is 6.08 Å². The molecule has 1 aliphatic rings. The van der Waals surface area contributed by atoms with Gasteiger partial charge in [-0.2, -0.15) is 0 Å². The summed E-state index contributed by atoms with van der Waals surface area (Å²) in [6, 6.07) is 18.3. The quantitative estimate of drug-likeness (QED) is 0.258. The largest absolute Gasteiger partial charge is 0.484 e. The molecule has 41 heavy (non-hydrogen) atoms. The first-order valence-electron chi connectivity index (χ1n) is 12.2. The Bertz CT molecular complexity index is 1560. The van der Waals surface area contributed by atoms with E-state index < -0.39 is 29.6 Å². The van der Waals surface area contributed by atoms with E-state index in [1.54, 1.807) is 30.3 Å². The maximum atomic E-state index is 12.8. The summed E-state index contributed by atoms with van der Waals surface area (Å²) in [5.74, 6) is -1.79. The number of nitrogens with zero attached hydrogens (tertiary/aromatic N) is 1. The second kappa shape index (κ2) is 13.2. The molecule has 0 spiro atoms. The number of amides is 4. The van der Waals surface area contributed by atoms with E-state index >= 15 is 0 Å². The number of carbonyl (C=O) groups excluding carboxylic acids is 5. The van der Waals surface area contributed by atoms with Crippen LogP contribution in [0.15, 0.2) is 71.6 Å². The van der Waals surface area contributed by atoms with Gasteiger partial charge in [0, 0.05) is 11.4 Å². The van der Waals surface area contributed by atoms with E-state index in [9.17, 15) is 24.0 Å². The van der Waals surface area contributed by atoms with E-state index in [1.807, 2.05) is 25.1 Å². The highest BCUT2D eigenvalue weighted by molar-refractivity contribution is 8.18. The van der Waals surface area contributed by atoms with Crippen LogP contribution in [0.1, 0.15) is 21.5 Å². The van der Waals surface area contributed by atoms with Crippen molar-refractivity contribution in [2.75, 3.05) is 30.9 Å². The summed E-state index contributed by atoms with van der Waals surface area (Å²) in [5.41, 5.74) is 2.63. The van der Waals surface area contributed by atoms with Gasteiger partial charge in [-0.3, -0.25) is 24.1 Å². The number of rotatable bonds is 9. The van der Waals surface area contributed by atoms with Gasteiger partial charge in [0.1, 0.15) is 12.3 Å². The lowest BCUT2D eigenvalue weighted by Gasteiger charge is -2.13. The summed E-state index contributed by atoms with van der Waals surface area (Å²) in [5, 5.41) is 4.85. The molecule has 0 aliphatic carbocycles. The second-order valence-corrected chi connectivity index (χ2v) is 10.2. The number of benzene rings is 3. The topological polar surface area (TPSA) is 131 Å². The zero-order chi connectivity index (χ0) is 29.5. The van der Waals surface area contributed by atoms with Gasteiger partial charge >= 0.3 is 5.97 Å². The fourth-order valence-corrected chi connectivity index (χ4v) is 4.76. The second-order valence-electron chi connectivity index (χ2n) is 8.78. The van der Waals surface area contributed by atoms with E-state index in [0.717, 1.165) is 10.5 Å². The summed E-state index contributed by atoms with van der Waals surface area (Å²) in [7, 11) is 1.20. The number of methoxy groups -OCH3 is 1. The van der Waals surface area contributed by atoms with Crippen LogP contribution in [0.4, 0.5) is 16.2 Å². The van der Waals surface area contributed by atoms with Gasteiger partial charge < -0.3 is 20.1 Å². The smallest absolute Gasteiger partial charge is 0.339 e. The highest BCUT2D eigenvalue weighted by Gasteiger charge is 2.36. The third-order valence-electron chi connectivity index (χ3n) is 5.68. The molecule has 0 saturated carbocycles. The summed E-state index contributed by atoms with van der Waals surface area (Å²) in [4.78, 5) is 62.8. The molecule has 4 amide bonds. The molecule has 0 unspecified atom stereocenters. The van der Waals surface area contributed by atoms with Crippen LogP contribution in [0.2, 0.25) is 5.02 Å². The molecule has 1 aliphatic heterocycles. The Balaban J connectivity index is 1.32. The molecule has 3 aromatic rings. The minimum absolute atomic E-state index is 0.0583. The maximum Gasteiger partial charge on any atom is 0.339 e. The van der Waals surface area contributed by atoms with Crippen molar-refractivity contribution in [1.29, 1.82) is 0 Å². The van der Waals surface area contributed by atoms with Crippen molar-refractivity contribution in [2.24, 2.45) is 0 Å². The third kappa shape index (κ3) is 7.74. The first-order chi connectivity index (χ1) is 19.6. The number of hydrogen-bond donors (Lipinski definition) is 2. The fraction of sp³-hybridized carbons (Fsp3) is 0.138. The number of carbonyl (C=O) groups is 5. The van der Waals surface area contributed by atoms with Gasteiger partial charge in [-0.05, 0) is 78.4 Å². The minimum Gasteiger partial charge on any atom is -0.484 e. The third-order valence-corrected chi connectivity index (χ3v) is 6.92. The van der Waals surface area contributed by atoms with Gasteiger partial charge in [0.15, 0.2) is 6.61 Å². The van der Waals surface area contributed by atoms with Crippen molar-refractivity contribution < 1.29 is 33.4 Å². The standard InChI is InChI=1S/C29H24ClN3O7S/c1-17-4-3-5-19(12-17)32-26(35)16-40-21-9-6-18(7-10-21)13-24-27(36)33(29(38)41-24)15-25(34)31-20-8-11-23(30)22(14-20)28(37)39-2/h3-14H,15-16H2,1-2H3,(H,31,34)(H,32,35)/b24-13+. The van der Waals surface area contributed by atoms with Crippen molar-refractivity contribution in [1.82, 2.24) is 4.90 Å². The summed E-state index contributed by atoms with van der Waals surface area (Å²) in [6.07, 6.45) is 1.53. The average molecular weight is 594 g/mol. The molecule has 1 saturated heterocycles. The predicted molar refractivity (Wildman–Crippen MR) is 156 cm³/mol. The van der Waals surface area contributed by atoms with E-state index in [0.29, 0.717) is 28.8 Å². The first kappa shape index (κ1) is 29.4. The Morgan fingerprint density at radius 2 is 1.66 bits per heavy atom. The van der Waals surface area contributed by atoms with Crippen molar-refractivity contribution in [3.05, 3.63) is 93.3 Å². The molecule has 4 rings (SSSR count). The Morgan fingerprint density at radius 1 is 0.951 bits per heavy atom. The zero-order valence-corrected chi connectivity index (χ0v) is 23.5. The molecule has 10 nitrogen and oxygen atoms in total. The lowest BCUT2D eigenvalue weighted by Crippen LogP contribution is -2.36. The van der Waals surface area contributed by atoms with Crippen LogP contribution in [0, 0.1) is 6.92 Å². The molecule has 3 aromatic carbocycles. The minimum atomic E-state index is -0.676. The number of hydrogen-bond acceptors (Lipinski definition) is 8. The van der Waals surface area contributed by atoms with Gasteiger partial charge in [0.2, 0.25) is 5.91 Å². The summed E-state index contributed by atoms with van der Waals surface area (Å²) < 4.78 is 10.2. The monoisotopic (exact) mass is 593 g/mol. The average Bonchev–Trinajstić information content (AvgIpc) is 3.20. The van der Waals surface area contributed by atoms with E-state index in [4.69, 9.17) is 16.3 Å². The Hall–Kier alpha value is -4.61. The number of anilines is 2. The Morgan fingerprint density at radius 3 is 2.37 bits per heavy atom. The van der Waals surface area contributed by atoms with E-state index in [2.05, 4.69) is 15.4 Å². The molecule has 1 fully saturated rings. The molecule has 12 heteroatoms.